The first-order chi connectivity index (χ1) is 18.4. The number of fused-ring (bicyclic) bond motifs is 1. The molecule has 0 unspecified atom stereocenters. The van der Waals surface area contributed by atoms with Crippen LogP contribution in [0.2, 0.25) is 0 Å². The van der Waals surface area contributed by atoms with Crippen molar-refractivity contribution < 1.29 is 38.4 Å². The van der Waals surface area contributed by atoms with Gasteiger partial charge in [0, 0.05) is 18.7 Å². The molecule has 0 saturated carbocycles. The third kappa shape index (κ3) is 4.96. The number of ether oxygens (including phenoxy) is 5. The summed E-state index contributed by atoms with van der Waals surface area (Å²) in [5.74, 6) is 0.376. The molecule has 1 N–H and O–H groups in total. The van der Waals surface area contributed by atoms with E-state index in [-0.39, 0.29) is 17.9 Å². The number of ketones is 1. The number of hydrogen-bond donors (Lipinski definition) is 1. The van der Waals surface area contributed by atoms with Gasteiger partial charge >= 0.3 is 0 Å². The highest BCUT2D eigenvalue weighted by atomic mass is 16.6. The third-order valence-corrected chi connectivity index (χ3v) is 6.91. The van der Waals surface area contributed by atoms with Crippen molar-refractivity contribution in [3.05, 3.63) is 47.0 Å². The number of likely N-dealkylation sites (tertiary alicyclic amines) is 1. The molecule has 2 heterocycles. The highest BCUT2D eigenvalue weighted by molar-refractivity contribution is 6.46. The number of carbonyl (C=O) groups excluding carboxylic acids is 2. The Morgan fingerprint density at radius 1 is 0.974 bits per heavy atom. The van der Waals surface area contributed by atoms with Gasteiger partial charge in [-0.1, -0.05) is 13.8 Å². The Hall–Kier alpha value is -3.92. The van der Waals surface area contributed by atoms with Crippen LogP contribution in [-0.2, 0) is 9.59 Å². The predicted octanol–water partition coefficient (Wildman–Crippen LogP) is 3.25. The lowest BCUT2D eigenvalue weighted by atomic mass is 9.94. The normalized spacial score (nSPS) is 18.2. The summed E-state index contributed by atoms with van der Waals surface area (Å²) in [5, 5.41) is 11.5. The molecule has 204 valence electrons. The summed E-state index contributed by atoms with van der Waals surface area (Å²) in [4.78, 5) is 30.5. The fourth-order valence-corrected chi connectivity index (χ4v) is 4.85. The quantitative estimate of drug-likeness (QED) is 0.284. The van der Waals surface area contributed by atoms with Crippen LogP contribution in [0.15, 0.2) is 35.9 Å². The molecule has 2 aromatic rings. The van der Waals surface area contributed by atoms with E-state index in [0.29, 0.717) is 59.6 Å². The zero-order valence-corrected chi connectivity index (χ0v) is 22.4. The largest absolute Gasteiger partial charge is 0.507 e. The van der Waals surface area contributed by atoms with Crippen LogP contribution in [0, 0.1) is 0 Å². The first-order valence-electron chi connectivity index (χ1n) is 12.6. The number of aliphatic hydroxyl groups is 1. The maximum absolute atomic E-state index is 13.5. The molecule has 10 nitrogen and oxygen atoms in total. The Balaban J connectivity index is 1.88. The molecule has 4 rings (SSSR count). The summed E-state index contributed by atoms with van der Waals surface area (Å²) in [6, 6.07) is 7.43. The molecule has 1 atom stereocenters. The minimum Gasteiger partial charge on any atom is -0.507 e. The highest BCUT2D eigenvalue weighted by Gasteiger charge is 2.46. The second-order valence-electron chi connectivity index (χ2n) is 8.84. The fourth-order valence-electron chi connectivity index (χ4n) is 4.85. The second kappa shape index (κ2) is 11.6. The van der Waals surface area contributed by atoms with Gasteiger partial charge in [0.25, 0.3) is 11.7 Å². The molecule has 1 fully saturated rings. The van der Waals surface area contributed by atoms with Gasteiger partial charge in [-0.25, -0.2) is 0 Å². The van der Waals surface area contributed by atoms with Crippen molar-refractivity contribution in [3.8, 4) is 28.7 Å². The topological polar surface area (TPSA) is 107 Å². The summed E-state index contributed by atoms with van der Waals surface area (Å²) in [7, 11) is 4.49. The van der Waals surface area contributed by atoms with E-state index >= 15 is 0 Å². The number of benzene rings is 2. The van der Waals surface area contributed by atoms with Crippen LogP contribution >= 0.6 is 0 Å². The molecule has 2 aliphatic rings. The van der Waals surface area contributed by atoms with Crippen LogP contribution < -0.4 is 23.7 Å². The number of Topliss-reactive ketones (excluding diaryl/α,β-unsaturated/α-hetero) is 1. The number of amides is 1. The molecule has 0 aliphatic carbocycles. The summed E-state index contributed by atoms with van der Waals surface area (Å²) in [6.07, 6.45) is 0. The van der Waals surface area contributed by atoms with Crippen molar-refractivity contribution >= 4 is 17.4 Å². The molecular weight excluding hydrogens is 492 g/mol. The van der Waals surface area contributed by atoms with Crippen LogP contribution in [-0.4, -0.2) is 87.3 Å². The Labute approximate surface area is 222 Å². The SMILES string of the molecule is CCN(CC)CCN1C(=O)C(=O)C(=C(O)c2ccc3c(c2)OCCO3)[C@@H]1c1cc(OC)c(OC)c(OC)c1. The predicted molar refractivity (Wildman–Crippen MR) is 140 cm³/mol. The summed E-state index contributed by atoms with van der Waals surface area (Å²) in [5.41, 5.74) is 0.853. The minimum absolute atomic E-state index is 0.0273. The van der Waals surface area contributed by atoms with Gasteiger partial charge in [-0.2, -0.15) is 0 Å². The number of hydrogen-bond acceptors (Lipinski definition) is 9. The summed E-state index contributed by atoms with van der Waals surface area (Å²) in [6.45, 7) is 7.32. The van der Waals surface area contributed by atoms with Crippen molar-refractivity contribution in [1.82, 2.24) is 9.80 Å². The maximum Gasteiger partial charge on any atom is 0.295 e. The zero-order chi connectivity index (χ0) is 27.4. The summed E-state index contributed by atoms with van der Waals surface area (Å²) >= 11 is 0. The van der Waals surface area contributed by atoms with E-state index in [0.717, 1.165) is 13.1 Å². The molecule has 10 heteroatoms. The van der Waals surface area contributed by atoms with Crippen molar-refractivity contribution in [2.45, 2.75) is 19.9 Å². The van der Waals surface area contributed by atoms with E-state index in [1.807, 2.05) is 13.8 Å². The standard InChI is InChI=1S/C28H34N2O8/c1-6-29(7-2)10-11-30-24(18-15-21(34-3)27(36-5)22(16-18)35-4)23(26(32)28(30)33)25(31)17-8-9-19-20(14-17)38-13-12-37-19/h8-9,14-16,24,31H,6-7,10-13H2,1-5H3/t24-/m0/s1. The molecule has 38 heavy (non-hydrogen) atoms. The number of likely N-dealkylation sites (N-methyl/N-ethyl adjacent to an activating group) is 1. The van der Waals surface area contributed by atoms with E-state index in [1.165, 1.54) is 26.2 Å². The van der Waals surface area contributed by atoms with Gasteiger partial charge in [0.15, 0.2) is 23.0 Å². The molecule has 0 aromatic heterocycles. The summed E-state index contributed by atoms with van der Waals surface area (Å²) < 4.78 is 27.8. The van der Waals surface area contributed by atoms with Crippen molar-refractivity contribution in [1.29, 1.82) is 0 Å². The van der Waals surface area contributed by atoms with E-state index in [2.05, 4.69) is 4.90 Å². The van der Waals surface area contributed by atoms with Gasteiger partial charge in [-0.05, 0) is 49.0 Å². The minimum atomic E-state index is -0.882. The van der Waals surface area contributed by atoms with Crippen LogP contribution in [0.4, 0.5) is 0 Å². The lowest BCUT2D eigenvalue weighted by molar-refractivity contribution is -0.140. The van der Waals surface area contributed by atoms with Gasteiger partial charge in [0.2, 0.25) is 5.75 Å². The van der Waals surface area contributed by atoms with E-state index in [9.17, 15) is 14.7 Å². The van der Waals surface area contributed by atoms with Crippen molar-refractivity contribution in [2.24, 2.45) is 0 Å². The van der Waals surface area contributed by atoms with E-state index in [1.54, 1.807) is 30.3 Å². The lowest BCUT2D eigenvalue weighted by Gasteiger charge is -2.29. The Morgan fingerprint density at radius 3 is 2.18 bits per heavy atom. The molecule has 0 radical (unpaired) electrons. The van der Waals surface area contributed by atoms with E-state index < -0.39 is 17.7 Å². The Kier molecular flexibility index (Phi) is 8.31. The van der Waals surface area contributed by atoms with Gasteiger partial charge < -0.3 is 38.6 Å². The molecule has 0 spiro atoms. The molecule has 1 saturated heterocycles. The number of methoxy groups -OCH3 is 3. The van der Waals surface area contributed by atoms with Crippen LogP contribution in [0.3, 0.4) is 0 Å². The molecule has 1 amide bonds. The van der Waals surface area contributed by atoms with Gasteiger partial charge in [-0.15, -0.1) is 0 Å². The highest BCUT2D eigenvalue weighted by Crippen LogP contribution is 2.46. The van der Waals surface area contributed by atoms with Crippen LogP contribution in [0.25, 0.3) is 5.76 Å². The molecule has 2 aromatic carbocycles. The zero-order valence-electron chi connectivity index (χ0n) is 22.4. The van der Waals surface area contributed by atoms with Gasteiger partial charge in [-0.3, -0.25) is 9.59 Å². The average Bonchev–Trinajstić information content (AvgIpc) is 3.21. The lowest BCUT2D eigenvalue weighted by Crippen LogP contribution is -2.38. The number of carbonyl (C=O) groups is 2. The Bertz CT molecular complexity index is 1210. The number of rotatable bonds is 10. The van der Waals surface area contributed by atoms with Gasteiger partial charge in [0.05, 0.1) is 32.9 Å². The van der Waals surface area contributed by atoms with Crippen LogP contribution in [0.5, 0.6) is 28.7 Å². The van der Waals surface area contributed by atoms with Crippen molar-refractivity contribution in [3.63, 3.8) is 0 Å². The molecular formula is C28H34N2O8. The first-order valence-corrected chi connectivity index (χ1v) is 12.6. The second-order valence-corrected chi connectivity index (χ2v) is 8.84. The first kappa shape index (κ1) is 27.1. The monoisotopic (exact) mass is 526 g/mol. The maximum atomic E-state index is 13.5. The number of aliphatic hydroxyl groups excluding tert-OH is 1. The van der Waals surface area contributed by atoms with Crippen LogP contribution in [0.1, 0.15) is 31.0 Å². The molecule has 0 bridgehead atoms. The smallest absolute Gasteiger partial charge is 0.295 e. The van der Waals surface area contributed by atoms with Crippen molar-refractivity contribution in [2.75, 3.05) is 60.7 Å². The number of nitrogens with zero attached hydrogens (tertiary/aromatic N) is 2. The Morgan fingerprint density at radius 2 is 1.61 bits per heavy atom. The average molecular weight is 527 g/mol. The van der Waals surface area contributed by atoms with Gasteiger partial charge in [0.1, 0.15) is 19.0 Å². The molecule has 2 aliphatic heterocycles. The van der Waals surface area contributed by atoms with E-state index in [4.69, 9.17) is 23.7 Å². The fraction of sp³-hybridized carbons (Fsp3) is 0.429. The third-order valence-electron chi connectivity index (χ3n) is 6.91.